The number of Topliss-reactive ketones (excluding diaryl/α,β-unsaturated/α-hetero) is 1. The zero-order valence-corrected chi connectivity index (χ0v) is 83.0. The molecule has 10 aromatic rings. The smallest absolute Gasteiger partial charge is 0.456 e. The van der Waals surface area contributed by atoms with Gasteiger partial charge in [-0.3, -0.25) is 29.3 Å². The molecule has 5 aromatic heterocycles. The number of carbonyl (C=O) groups excluding carboxylic acids is 13. The van der Waals surface area contributed by atoms with E-state index in [9.17, 15) is 102 Å². The summed E-state index contributed by atoms with van der Waals surface area (Å²) in [6.07, 6.45) is -12.1. The Morgan fingerprint density at radius 3 is 1.00 bits per heavy atom. The number of benzene rings is 5. The van der Waals surface area contributed by atoms with Crippen LogP contribution in [-0.2, 0) is 67.6 Å². The molecule has 0 spiro atoms. The van der Waals surface area contributed by atoms with Crippen LogP contribution in [0.15, 0.2) is 158 Å². The van der Waals surface area contributed by atoms with Crippen molar-refractivity contribution in [3.8, 4) is 56.3 Å². The van der Waals surface area contributed by atoms with Crippen LogP contribution in [-0.4, -0.2) is 151 Å². The lowest BCUT2D eigenvalue weighted by Gasteiger charge is -2.23. The molecule has 770 valence electrons. The Kier molecular flexibility index (Phi) is 47.7. The maximum Gasteiger partial charge on any atom is 0.456 e. The summed E-state index contributed by atoms with van der Waals surface area (Å²) in [4.78, 5) is 162. The Morgan fingerprint density at radius 1 is 0.438 bits per heavy atom. The molecule has 5 heterocycles. The van der Waals surface area contributed by atoms with Gasteiger partial charge in [-0.15, -0.1) is 0 Å². The maximum atomic E-state index is 13.5. The highest BCUT2D eigenvalue weighted by molar-refractivity contribution is 6.32. The molecule has 0 radical (unpaired) electrons. The number of nitrogens with zero attached hydrogens (tertiary/aromatic N) is 6. The van der Waals surface area contributed by atoms with E-state index in [0.717, 1.165) is 35.9 Å². The number of amides is 3. The summed E-state index contributed by atoms with van der Waals surface area (Å²) < 4.78 is 170. The second-order valence-corrected chi connectivity index (χ2v) is 35.4. The average Bonchev–Trinajstić information content (AvgIpc) is 0.798. The number of alkyl halides is 6. The van der Waals surface area contributed by atoms with Gasteiger partial charge in [0.25, 0.3) is 5.78 Å². The molecular formula is C97H93Cl5F11N9O22. The van der Waals surface area contributed by atoms with Crippen LogP contribution in [0.5, 0.6) is 0 Å². The number of ketones is 1. The summed E-state index contributed by atoms with van der Waals surface area (Å²) in [5.41, 5.74) is 0.827. The third-order valence-electron chi connectivity index (χ3n) is 18.6. The number of alkyl carbamates (subject to hydrolysis) is 3. The highest BCUT2D eigenvalue weighted by Gasteiger charge is 2.43. The van der Waals surface area contributed by atoms with Crippen molar-refractivity contribution < 1.29 is 149 Å². The van der Waals surface area contributed by atoms with Crippen LogP contribution in [0.4, 0.5) is 62.7 Å². The molecule has 144 heavy (non-hydrogen) atoms. The van der Waals surface area contributed by atoms with Gasteiger partial charge < -0.3 is 49.8 Å². The second-order valence-electron chi connectivity index (χ2n) is 33.3. The van der Waals surface area contributed by atoms with E-state index in [-0.39, 0.29) is 100 Å². The Hall–Kier alpha value is -14.2. The first-order valence-corrected chi connectivity index (χ1v) is 43.4. The van der Waals surface area contributed by atoms with Crippen molar-refractivity contribution in [1.29, 1.82) is 0 Å². The van der Waals surface area contributed by atoms with Crippen LogP contribution < -0.4 is 16.0 Å². The molecule has 0 saturated carbocycles. The van der Waals surface area contributed by atoms with Gasteiger partial charge in [-0.1, -0.05) is 64.6 Å². The standard InChI is InChI=1S/C20H21ClF4N2O3.C20H19ClF4N2O3.C19H20ClFN2O3.C18H18ClFN2O5.C17H15ClFNO2.3CO2/c2*1-10(26-18(29)30-19(2,3)4)12-8-15(11-5-6-14(22)13(21)7-11)27-16(9-12)17(28)20(23,24)25;1-11(22-18(25)26-19(2,3)4)13-7-14(10-24)23-17(9-13)12-5-6-16(21)15(20)8-12;1-10(17(23)27-3)12-7-15(11-4-5-14(20)13(19)6-11)21-16(8-12)18(2,24)9-22(25)26;1-4-13-7-12(10(2)17(21)22-3)9-16(20-13)11-5-6-15(19)14(18)8-11;3*2-1-3/h5-10,17,28H,1-4H3,(H,26,29);5-10H,1-4H3,(H,26,29);5-11H,1-4H3,(H,22,25);4-8,10,24H,9H2,1-3H3;4-10H,1H2,2-3H3;;;. The van der Waals surface area contributed by atoms with Gasteiger partial charge in [-0.2, -0.15) is 55.1 Å². The number of methoxy groups -OCH3 is 2. The molecule has 0 aliphatic rings. The highest BCUT2D eigenvalue weighted by atomic mass is 35.5. The lowest BCUT2D eigenvalue weighted by Crippen LogP contribution is -2.34. The molecule has 0 saturated heterocycles. The summed E-state index contributed by atoms with van der Waals surface area (Å²) in [6, 6.07) is 32.0. The summed E-state index contributed by atoms with van der Waals surface area (Å²) in [7, 11) is 2.58. The van der Waals surface area contributed by atoms with Gasteiger partial charge in [0, 0.05) is 32.7 Å². The first-order valence-electron chi connectivity index (χ1n) is 41.5. The number of aldehydes is 1. The number of aliphatic hydroxyl groups excluding tert-OH is 1. The number of pyridine rings is 5. The summed E-state index contributed by atoms with van der Waals surface area (Å²) in [5.74, 6) is -7.23. The number of halogens is 16. The fourth-order valence-electron chi connectivity index (χ4n) is 11.8. The Bertz CT molecular complexity index is 6340. The largest absolute Gasteiger partial charge is 0.469 e. The van der Waals surface area contributed by atoms with E-state index in [0.29, 0.717) is 51.2 Å². The molecule has 3 amide bonds. The normalized spacial score (nSPS) is 12.5. The SMILES string of the molecule is C=Cc1cc(C(C)C(=O)OC)cc(-c2ccc(F)c(Cl)c2)n1.CC(NC(=O)OC(C)(C)C)c1cc(-c2ccc(F)c(Cl)c2)nc(C(O)C(F)(F)F)c1.CC(NC(=O)OC(C)(C)C)c1cc(C(=O)C(F)(F)F)nc(-c2ccc(F)c(Cl)c2)c1.CC(NC(=O)OC(C)(C)C)c1cc(C=O)nc(-c2ccc(F)c(Cl)c2)c1.COC(=O)C(C)c1cc(-c2ccc(F)c(Cl)c2)nc(C(C)(O)C[N+](=O)[O-])c1.O=C=O.O=C=O.O=C=O. The molecule has 0 aliphatic heterocycles. The Balaban J connectivity index is 0.000000454. The Labute approximate surface area is 841 Å². The van der Waals surface area contributed by atoms with Gasteiger partial charge in [0.1, 0.15) is 57.3 Å². The van der Waals surface area contributed by atoms with E-state index in [1.807, 2.05) is 0 Å². The van der Waals surface area contributed by atoms with Crippen molar-refractivity contribution in [2.75, 3.05) is 20.8 Å². The predicted molar refractivity (Wildman–Crippen MR) is 501 cm³/mol. The van der Waals surface area contributed by atoms with Crippen LogP contribution in [0.1, 0.15) is 206 Å². The molecule has 7 atom stereocenters. The quantitative estimate of drug-likeness (QED) is 0.00800. The zero-order valence-electron chi connectivity index (χ0n) is 79.3. The van der Waals surface area contributed by atoms with Crippen LogP contribution in [0.2, 0.25) is 25.1 Å². The van der Waals surface area contributed by atoms with Crippen molar-refractivity contribution in [2.45, 2.75) is 175 Å². The monoisotopic (exact) mass is 2120 g/mol. The fourth-order valence-corrected chi connectivity index (χ4v) is 12.7. The lowest BCUT2D eigenvalue weighted by molar-refractivity contribution is -0.501. The number of ether oxygens (including phenoxy) is 5. The molecule has 5 N–H and O–H groups in total. The third-order valence-corrected chi connectivity index (χ3v) is 20.0. The molecule has 5 aromatic carbocycles. The number of hydrogen-bond donors (Lipinski definition) is 5. The zero-order chi connectivity index (χ0) is 110. The van der Waals surface area contributed by atoms with Crippen LogP contribution >= 0.6 is 58.0 Å². The Morgan fingerprint density at radius 2 is 0.715 bits per heavy atom. The van der Waals surface area contributed by atoms with Crippen LogP contribution in [0, 0.1) is 39.2 Å². The number of carbonyl (C=O) groups is 7. The molecule has 0 bridgehead atoms. The van der Waals surface area contributed by atoms with Crippen molar-refractivity contribution in [3.05, 3.63) is 279 Å². The fraction of sp³-hybridized carbons (Fsp3) is 0.309. The van der Waals surface area contributed by atoms with Gasteiger partial charge in [0.2, 0.25) is 6.54 Å². The molecule has 10 rings (SSSR count). The molecule has 7 unspecified atom stereocenters. The summed E-state index contributed by atoms with van der Waals surface area (Å²) >= 11 is 29.0. The number of esters is 2. The molecule has 47 heteroatoms. The minimum absolute atomic E-state index is 0.00269. The topological polar surface area (TPSA) is 452 Å². The van der Waals surface area contributed by atoms with Gasteiger partial charge >= 0.3 is 61.0 Å². The van der Waals surface area contributed by atoms with Gasteiger partial charge in [-0.25, -0.2) is 61.3 Å². The minimum Gasteiger partial charge on any atom is -0.469 e. The van der Waals surface area contributed by atoms with Crippen molar-refractivity contribution >= 4 is 125 Å². The minimum atomic E-state index is -5.15. The van der Waals surface area contributed by atoms with Crippen molar-refractivity contribution in [1.82, 2.24) is 40.9 Å². The molecule has 31 nitrogen and oxygen atoms in total. The van der Waals surface area contributed by atoms with E-state index >= 15 is 0 Å². The van der Waals surface area contributed by atoms with Gasteiger partial charge in [-0.05, 0) is 289 Å². The number of aromatic nitrogens is 5. The number of aliphatic hydroxyl groups is 2. The van der Waals surface area contributed by atoms with Gasteiger partial charge in [0.15, 0.2) is 18.0 Å². The molecular weight excluding hydrogens is 2030 g/mol. The highest BCUT2D eigenvalue weighted by Crippen LogP contribution is 2.39. The maximum absolute atomic E-state index is 13.5. The summed E-state index contributed by atoms with van der Waals surface area (Å²) in [6.45, 7) is 27.6. The van der Waals surface area contributed by atoms with E-state index in [1.54, 1.807) is 126 Å². The van der Waals surface area contributed by atoms with E-state index < -0.39 is 153 Å². The lowest BCUT2D eigenvalue weighted by atomic mass is 9.93. The number of nitro groups is 1. The predicted octanol–water partition coefficient (Wildman–Crippen LogP) is 22.5. The summed E-state index contributed by atoms with van der Waals surface area (Å²) in [5, 5.41) is 38.2. The first-order chi connectivity index (χ1) is 66.7. The number of nitrogens with one attached hydrogen (secondary N) is 3. The van der Waals surface area contributed by atoms with E-state index in [1.165, 1.54) is 120 Å². The van der Waals surface area contributed by atoms with E-state index in [4.69, 9.17) is 110 Å². The van der Waals surface area contributed by atoms with Crippen molar-refractivity contribution in [3.63, 3.8) is 0 Å². The average molecular weight is 2120 g/mol. The molecule has 0 fully saturated rings. The number of hydrogen-bond acceptors (Lipinski definition) is 27. The first kappa shape index (κ1) is 124. The van der Waals surface area contributed by atoms with E-state index in [2.05, 4.69) is 47.4 Å². The second kappa shape index (κ2) is 55.5. The van der Waals surface area contributed by atoms with Crippen LogP contribution in [0.25, 0.3) is 62.4 Å². The number of rotatable bonds is 22. The van der Waals surface area contributed by atoms with Crippen molar-refractivity contribution in [2.24, 2.45) is 0 Å². The molecule has 0 aliphatic carbocycles. The van der Waals surface area contributed by atoms with Gasteiger partial charge in [0.05, 0.1) is 115 Å². The van der Waals surface area contributed by atoms with Crippen LogP contribution in [0.3, 0.4) is 0 Å². The third kappa shape index (κ3) is 40.7.